The third-order valence-electron chi connectivity index (χ3n) is 0.479. The van der Waals surface area contributed by atoms with Gasteiger partial charge in [-0.3, -0.25) is 9.59 Å². The summed E-state index contributed by atoms with van der Waals surface area (Å²) in [4.78, 5) is 19.6. The number of carbonyl (C=O) groups excluding carboxylic acids is 2. The van der Waals surface area contributed by atoms with E-state index in [9.17, 15) is 9.59 Å². The summed E-state index contributed by atoms with van der Waals surface area (Å²) in [6.45, 7) is -0.0778. The molecule has 0 aliphatic rings. The molecule has 45 valence electrons. The van der Waals surface area contributed by atoms with E-state index in [0.717, 1.165) is 0 Å². The monoisotopic (exact) mass is 134 g/mol. The number of hydrogen-bond acceptors (Lipinski definition) is 2. The maximum atomic E-state index is 10.1. The van der Waals surface area contributed by atoms with Gasteiger partial charge in [0.25, 0.3) is 0 Å². The van der Waals surface area contributed by atoms with Crippen molar-refractivity contribution < 1.29 is 9.59 Å². The van der Waals surface area contributed by atoms with Crippen molar-refractivity contribution in [1.82, 2.24) is 5.32 Å². The first kappa shape index (κ1) is 7.43. The van der Waals surface area contributed by atoms with Gasteiger partial charge in [0.2, 0.25) is 12.2 Å². The second-order valence-electron chi connectivity index (χ2n) is 1.05. The van der Waals surface area contributed by atoms with Gasteiger partial charge < -0.3 is 5.32 Å². The van der Waals surface area contributed by atoms with E-state index < -0.39 is 0 Å². The quantitative estimate of drug-likeness (QED) is 0.527. The average Bonchev–Trinajstić information content (AvgIpc) is 1.83. The predicted octanol–water partition coefficient (Wildman–Crippen LogP) is -0.549. The Labute approximate surface area is 52.0 Å². The first-order valence-electron chi connectivity index (χ1n) is 1.99. The summed E-state index contributed by atoms with van der Waals surface area (Å²) in [5, 5.41) is 2.19. The Bertz CT molecular complexity index is 94.0. The number of halogens is 1. The number of hydrogen-bond donors (Lipinski definition) is 1. The highest BCUT2D eigenvalue weighted by molar-refractivity contribution is 6.27. The first-order chi connectivity index (χ1) is 3.81. The highest BCUT2D eigenvalue weighted by Crippen LogP contribution is 1.70. The summed E-state index contributed by atoms with van der Waals surface area (Å²) in [7, 11) is 0. The minimum atomic E-state index is -0.352. The molecule has 0 heterocycles. The summed E-state index contributed by atoms with van der Waals surface area (Å²) >= 11 is 5.05. The molecule has 0 bridgehead atoms. The molecule has 0 aromatic heterocycles. The molecule has 3 nitrogen and oxygen atoms in total. The molecular weight excluding hydrogens is 130 g/mol. The van der Waals surface area contributed by atoms with E-state index in [1.807, 2.05) is 0 Å². The lowest BCUT2D eigenvalue weighted by Crippen LogP contribution is -2.25. The van der Waals surface area contributed by atoms with Crippen LogP contribution < -0.4 is 5.32 Å². The number of alkyl halides is 1. The second-order valence-corrected chi connectivity index (χ2v) is 1.32. The standard InChI is InChI=1S/C4H5ClNO2/c5-3-4(8)6-1-2-7/h1,3H2,(H,6,8). The molecule has 1 amide bonds. The lowest BCUT2D eigenvalue weighted by molar-refractivity contribution is -0.118. The SMILES string of the molecule is O=[C]CNC(=O)CCl. The van der Waals surface area contributed by atoms with Crippen LogP contribution in [-0.4, -0.2) is 24.6 Å². The van der Waals surface area contributed by atoms with E-state index in [1.54, 1.807) is 0 Å². The smallest absolute Gasteiger partial charge is 0.235 e. The molecule has 8 heavy (non-hydrogen) atoms. The molecule has 0 saturated carbocycles. The topological polar surface area (TPSA) is 46.2 Å². The molecule has 0 aromatic carbocycles. The van der Waals surface area contributed by atoms with Gasteiger partial charge in [0.05, 0.1) is 6.54 Å². The molecule has 1 radical (unpaired) electrons. The van der Waals surface area contributed by atoms with E-state index in [4.69, 9.17) is 11.6 Å². The third kappa shape index (κ3) is 3.61. The molecule has 0 aliphatic carbocycles. The van der Waals surface area contributed by atoms with Gasteiger partial charge in [-0.15, -0.1) is 11.6 Å². The highest BCUT2D eigenvalue weighted by atomic mass is 35.5. The van der Waals surface area contributed by atoms with Gasteiger partial charge in [-0.05, 0) is 0 Å². The number of amides is 1. The molecule has 0 saturated heterocycles. The molecule has 0 rings (SSSR count). The molecule has 0 atom stereocenters. The van der Waals surface area contributed by atoms with E-state index >= 15 is 0 Å². The van der Waals surface area contributed by atoms with Crippen LogP contribution in [-0.2, 0) is 9.59 Å². The van der Waals surface area contributed by atoms with Crippen molar-refractivity contribution in [3.05, 3.63) is 0 Å². The van der Waals surface area contributed by atoms with Crippen molar-refractivity contribution >= 4 is 23.8 Å². The van der Waals surface area contributed by atoms with Crippen molar-refractivity contribution in [3.8, 4) is 0 Å². The van der Waals surface area contributed by atoms with Crippen molar-refractivity contribution in [2.24, 2.45) is 0 Å². The molecule has 0 aromatic rings. The summed E-state index contributed by atoms with van der Waals surface area (Å²) in [5.74, 6) is -0.461. The van der Waals surface area contributed by atoms with Crippen LogP contribution in [0.1, 0.15) is 0 Å². The van der Waals surface area contributed by atoms with E-state index in [1.165, 1.54) is 6.29 Å². The van der Waals surface area contributed by atoms with Gasteiger partial charge in [-0.1, -0.05) is 0 Å². The van der Waals surface area contributed by atoms with Crippen LogP contribution >= 0.6 is 11.6 Å². The fourth-order valence-electron chi connectivity index (χ4n) is 0.182. The molecule has 0 aliphatic heterocycles. The van der Waals surface area contributed by atoms with Crippen molar-refractivity contribution in [1.29, 1.82) is 0 Å². The van der Waals surface area contributed by atoms with Gasteiger partial charge in [0.1, 0.15) is 5.88 Å². The molecule has 0 spiro atoms. The fraction of sp³-hybridized carbons (Fsp3) is 0.500. The fourth-order valence-corrected chi connectivity index (χ4v) is 0.276. The average molecular weight is 135 g/mol. The van der Waals surface area contributed by atoms with E-state index in [-0.39, 0.29) is 18.3 Å². The Balaban J connectivity index is 3.11. The van der Waals surface area contributed by atoms with Gasteiger partial charge in [-0.25, -0.2) is 0 Å². The molecule has 0 unspecified atom stereocenters. The van der Waals surface area contributed by atoms with E-state index in [0.29, 0.717) is 0 Å². The van der Waals surface area contributed by atoms with Gasteiger partial charge in [-0.2, -0.15) is 0 Å². The lowest BCUT2D eigenvalue weighted by atomic mass is 10.6. The van der Waals surface area contributed by atoms with E-state index in [2.05, 4.69) is 5.32 Å². The first-order valence-corrected chi connectivity index (χ1v) is 2.52. The third-order valence-corrected chi connectivity index (χ3v) is 0.722. The molecular formula is C4H5ClNO2. The summed E-state index contributed by atoms with van der Waals surface area (Å²) in [6, 6.07) is 0. The Morgan fingerprint density at radius 2 is 2.38 bits per heavy atom. The van der Waals surface area contributed by atoms with Crippen molar-refractivity contribution in [3.63, 3.8) is 0 Å². The highest BCUT2D eigenvalue weighted by Gasteiger charge is 1.93. The zero-order valence-corrected chi connectivity index (χ0v) is 4.86. The number of rotatable bonds is 3. The van der Waals surface area contributed by atoms with Crippen molar-refractivity contribution in [2.45, 2.75) is 0 Å². The predicted molar refractivity (Wildman–Crippen MR) is 29.4 cm³/mol. The van der Waals surface area contributed by atoms with Gasteiger partial charge in [0.15, 0.2) is 0 Å². The van der Waals surface area contributed by atoms with Crippen LogP contribution in [0.25, 0.3) is 0 Å². The maximum absolute atomic E-state index is 10.1. The summed E-state index contributed by atoms with van der Waals surface area (Å²) in [5.41, 5.74) is 0. The van der Waals surface area contributed by atoms with Crippen LogP contribution in [0.5, 0.6) is 0 Å². The summed E-state index contributed by atoms with van der Waals surface area (Å²) in [6.07, 6.45) is 1.49. The zero-order chi connectivity index (χ0) is 6.41. The van der Waals surface area contributed by atoms with Crippen molar-refractivity contribution in [2.75, 3.05) is 12.4 Å². The minimum absolute atomic E-state index is 0.0778. The zero-order valence-electron chi connectivity index (χ0n) is 4.11. The largest absolute Gasteiger partial charge is 0.347 e. The Morgan fingerprint density at radius 1 is 1.75 bits per heavy atom. The Morgan fingerprint density at radius 3 is 2.75 bits per heavy atom. The minimum Gasteiger partial charge on any atom is -0.347 e. The summed E-state index contributed by atoms with van der Waals surface area (Å²) < 4.78 is 0. The van der Waals surface area contributed by atoms with Gasteiger partial charge >= 0.3 is 0 Å². The maximum Gasteiger partial charge on any atom is 0.235 e. The van der Waals surface area contributed by atoms with Crippen LogP contribution in [0.15, 0.2) is 0 Å². The molecule has 1 N–H and O–H groups in total. The second kappa shape index (κ2) is 4.59. The van der Waals surface area contributed by atoms with Crippen LogP contribution in [0.4, 0.5) is 0 Å². The normalized spacial score (nSPS) is 8.12. The van der Waals surface area contributed by atoms with Crippen LogP contribution in [0.3, 0.4) is 0 Å². The lowest BCUT2D eigenvalue weighted by Gasteiger charge is -1.91. The Hall–Kier alpha value is -0.570. The number of carbonyl (C=O) groups is 1. The van der Waals surface area contributed by atoms with Crippen LogP contribution in [0.2, 0.25) is 0 Å². The molecule has 0 fully saturated rings. The Kier molecular flexibility index (Phi) is 4.26. The van der Waals surface area contributed by atoms with Gasteiger partial charge in [0, 0.05) is 0 Å². The number of nitrogens with one attached hydrogen (secondary N) is 1. The molecule has 4 heteroatoms. The van der Waals surface area contributed by atoms with Crippen LogP contribution in [0, 0.1) is 0 Å².